The van der Waals surface area contributed by atoms with Crippen molar-refractivity contribution in [3.05, 3.63) is 35.9 Å². The minimum atomic E-state index is -1.17. The molecule has 0 aromatic heterocycles. The molecule has 1 saturated heterocycles. The van der Waals surface area contributed by atoms with Gasteiger partial charge >= 0.3 is 6.09 Å². The third-order valence-corrected chi connectivity index (χ3v) is 4.89. The highest BCUT2D eigenvalue weighted by molar-refractivity contribution is 5.77. The highest BCUT2D eigenvalue weighted by atomic mass is 16.7. The maximum Gasteiger partial charge on any atom is 0.407 e. The number of hydrogen-bond acceptors (Lipinski definition) is 8. The lowest BCUT2D eigenvalue weighted by atomic mass is 9.96. The number of nitrogens with one attached hydrogen (secondary N) is 2. The van der Waals surface area contributed by atoms with Gasteiger partial charge in [-0.1, -0.05) is 30.3 Å². The molecule has 1 aromatic carbocycles. The first kappa shape index (κ1) is 26.0. The SMILES string of the molecule is CO[C@H]1[C@@H](OCCNC(=O)OCc2ccccc2)O[C@H](C)[C@@H](NC(=O)CC(C)(C)O)[C@@H]1O. The predicted molar refractivity (Wildman–Crippen MR) is 115 cm³/mol. The first-order valence-electron chi connectivity index (χ1n) is 10.5. The zero-order chi connectivity index (χ0) is 23.7. The second kappa shape index (κ2) is 12.1. The van der Waals surface area contributed by atoms with E-state index in [1.807, 2.05) is 30.3 Å². The Morgan fingerprint density at radius 1 is 1.22 bits per heavy atom. The average molecular weight is 455 g/mol. The lowest BCUT2D eigenvalue weighted by molar-refractivity contribution is -0.277. The fourth-order valence-electron chi connectivity index (χ4n) is 3.34. The van der Waals surface area contributed by atoms with Gasteiger partial charge in [-0.25, -0.2) is 4.79 Å². The van der Waals surface area contributed by atoms with Gasteiger partial charge in [-0.05, 0) is 26.3 Å². The Labute approximate surface area is 188 Å². The summed E-state index contributed by atoms with van der Waals surface area (Å²) in [4.78, 5) is 23.9. The monoisotopic (exact) mass is 454 g/mol. The molecule has 0 bridgehead atoms. The summed E-state index contributed by atoms with van der Waals surface area (Å²) >= 11 is 0. The number of rotatable bonds is 10. The molecule has 1 heterocycles. The Morgan fingerprint density at radius 2 is 1.91 bits per heavy atom. The molecule has 32 heavy (non-hydrogen) atoms. The van der Waals surface area contributed by atoms with E-state index in [0.717, 1.165) is 5.56 Å². The van der Waals surface area contributed by atoms with Crippen LogP contribution in [0, 0.1) is 0 Å². The van der Waals surface area contributed by atoms with Crippen LogP contribution in [0.25, 0.3) is 0 Å². The molecule has 0 spiro atoms. The number of methoxy groups -OCH3 is 1. The van der Waals surface area contributed by atoms with Gasteiger partial charge in [0.05, 0.1) is 30.8 Å². The van der Waals surface area contributed by atoms with Gasteiger partial charge in [-0.2, -0.15) is 0 Å². The van der Waals surface area contributed by atoms with Gasteiger partial charge in [0.1, 0.15) is 18.8 Å². The largest absolute Gasteiger partial charge is 0.445 e. The number of benzene rings is 1. The van der Waals surface area contributed by atoms with Crippen molar-refractivity contribution in [3.8, 4) is 0 Å². The van der Waals surface area contributed by atoms with Gasteiger partial charge in [0.15, 0.2) is 6.29 Å². The lowest BCUT2D eigenvalue weighted by Gasteiger charge is -2.43. The zero-order valence-electron chi connectivity index (χ0n) is 18.9. The van der Waals surface area contributed by atoms with E-state index in [-0.39, 0.29) is 26.2 Å². The molecule has 10 nitrogen and oxygen atoms in total. The second-order valence-electron chi connectivity index (χ2n) is 8.34. The van der Waals surface area contributed by atoms with Crippen LogP contribution in [0.4, 0.5) is 4.79 Å². The third kappa shape index (κ3) is 8.36. The van der Waals surface area contributed by atoms with E-state index in [1.165, 1.54) is 21.0 Å². The molecular formula is C22H34N2O8. The maximum atomic E-state index is 12.2. The van der Waals surface area contributed by atoms with Gasteiger partial charge in [0.2, 0.25) is 5.91 Å². The van der Waals surface area contributed by atoms with Crippen LogP contribution in [0.5, 0.6) is 0 Å². The molecule has 0 radical (unpaired) electrons. The molecule has 180 valence electrons. The normalized spacial score (nSPS) is 25.8. The average Bonchev–Trinajstić information content (AvgIpc) is 2.72. The Bertz CT molecular complexity index is 724. The Morgan fingerprint density at radius 3 is 2.53 bits per heavy atom. The van der Waals surface area contributed by atoms with E-state index in [0.29, 0.717) is 0 Å². The molecule has 0 unspecified atom stereocenters. The highest BCUT2D eigenvalue weighted by Crippen LogP contribution is 2.24. The number of carbonyl (C=O) groups is 2. The third-order valence-electron chi connectivity index (χ3n) is 4.89. The standard InChI is InChI=1S/C22H34N2O8/c1-14-17(24-16(25)12-22(2,3)28)18(26)19(29-4)20(32-14)30-11-10-23-21(27)31-13-15-8-6-5-7-9-15/h5-9,14,17-20,26,28H,10-13H2,1-4H3,(H,23,27)(H,24,25)/t14-,17-,18+,19-,20+/m1/s1. The smallest absolute Gasteiger partial charge is 0.407 e. The van der Waals surface area contributed by atoms with Crippen LogP contribution in [-0.4, -0.2) is 78.7 Å². The van der Waals surface area contributed by atoms with Crippen LogP contribution in [0.1, 0.15) is 32.8 Å². The summed E-state index contributed by atoms with van der Waals surface area (Å²) in [5.41, 5.74) is -0.292. The van der Waals surface area contributed by atoms with Crippen LogP contribution in [0.15, 0.2) is 30.3 Å². The minimum Gasteiger partial charge on any atom is -0.445 e. The molecule has 2 amide bonds. The van der Waals surface area contributed by atoms with Gasteiger partial charge in [-0.3, -0.25) is 4.79 Å². The minimum absolute atomic E-state index is 0.0974. The molecular weight excluding hydrogens is 420 g/mol. The number of alkyl carbamates (subject to hydrolysis) is 1. The molecule has 1 fully saturated rings. The van der Waals surface area contributed by atoms with Crippen molar-refractivity contribution < 1.29 is 38.7 Å². The number of aliphatic hydroxyl groups excluding tert-OH is 1. The molecule has 10 heteroatoms. The predicted octanol–water partition coefficient (Wildman–Crippen LogP) is 0.696. The van der Waals surface area contributed by atoms with Gasteiger partial charge in [-0.15, -0.1) is 0 Å². The van der Waals surface area contributed by atoms with Gasteiger partial charge in [0, 0.05) is 13.7 Å². The fraction of sp³-hybridized carbons (Fsp3) is 0.636. The van der Waals surface area contributed by atoms with Crippen molar-refractivity contribution in [3.63, 3.8) is 0 Å². The van der Waals surface area contributed by atoms with Crippen molar-refractivity contribution in [2.75, 3.05) is 20.3 Å². The van der Waals surface area contributed by atoms with E-state index in [4.69, 9.17) is 18.9 Å². The molecule has 5 atom stereocenters. The Hall–Kier alpha value is -2.24. The highest BCUT2D eigenvalue weighted by Gasteiger charge is 2.45. The molecule has 0 saturated carbocycles. The number of amides is 2. The van der Waals surface area contributed by atoms with E-state index in [9.17, 15) is 19.8 Å². The topological polar surface area (TPSA) is 136 Å². The number of hydrogen-bond donors (Lipinski definition) is 4. The second-order valence-corrected chi connectivity index (χ2v) is 8.34. The summed E-state index contributed by atoms with van der Waals surface area (Å²) in [5, 5.41) is 25.8. The molecule has 0 aliphatic carbocycles. The summed E-state index contributed by atoms with van der Waals surface area (Å²) in [6.45, 7) is 5.17. The Balaban J connectivity index is 1.76. The van der Waals surface area contributed by atoms with Gasteiger partial charge < -0.3 is 39.8 Å². The molecule has 1 aliphatic rings. The summed E-state index contributed by atoms with van der Waals surface area (Å²) < 4.78 is 21.9. The lowest BCUT2D eigenvalue weighted by Crippen LogP contribution is -2.64. The van der Waals surface area contributed by atoms with E-state index in [2.05, 4.69) is 10.6 Å². The molecule has 2 rings (SSSR count). The van der Waals surface area contributed by atoms with E-state index in [1.54, 1.807) is 6.92 Å². The summed E-state index contributed by atoms with van der Waals surface area (Å²) in [6.07, 6.45) is -4.11. The fourth-order valence-corrected chi connectivity index (χ4v) is 3.34. The van der Waals surface area contributed by atoms with Crippen molar-refractivity contribution >= 4 is 12.0 Å². The van der Waals surface area contributed by atoms with Crippen molar-refractivity contribution in [1.29, 1.82) is 0 Å². The quantitative estimate of drug-likeness (QED) is 0.379. The number of carbonyl (C=O) groups excluding carboxylic acids is 2. The van der Waals surface area contributed by atoms with Gasteiger partial charge in [0.25, 0.3) is 0 Å². The zero-order valence-corrected chi connectivity index (χ0v) is 18.9. The molecule has 1 aromatic rings. The Kier molecular flexibility index (Phi) is 9.85. The summed E-state index contributed by atoms with van der Waals surface area (Å²) in [7, 11) is 1.40. The van der Waals surface area contributed by atoms with Crippen molar-refractivity contribution in [2.45, 2.75) is 70.0 Å². The molecule has 4 N–H and O–H groups in total. The number of aliphatic hydroxyl groups is 2. The van der Waals surface area contributed by atoms with Crippen LogP contribution >= 0.6 is 0 Å². The van der Waals surface area contributed by atoms with Crippen LogP contribution in [0.3, 0.4) is 0 Å². The van der Waals surface area contributed by atoms with Crippen molar-refractivity contribution in [1.82, 2.24) is 10.6 Å². The van der Waals surface area contributed by atoms with Crippen LogP contribution in [0.2, 0.25) is 0 Å². The van der Waals surface area contributed by atoms with Crippen LogP contribution in [-0.2, 0) is 30.3 Å². The van der Waals surface area contributed by atoms with Crippen LogP contribution < -0.4 is 10.6 Å². The van der Waals surface area contributed by atoms with E-state index >= 15 is 0 Å². The van der Waals surface area contributed by atoms with E-state index < -0.39 is 48.2 Å². The number of ether oxygens (including phenoxy) is 4. The van der Waals surface area contributed by atoms with Crippen molar-refractivity contribution in [2.24, 2.45) is 0 Å². The summed E-state index contributed by atoms with van der Waals surface area (Å²) in [5.74, 6) is -0.413. The first-order valence-corrected chi connectivity index (χ1v) is 10.5. The summed E-state index contributed by atoms with van der Waals surface area (Å²) in [6, 6.07) is 8.58. The molecule has 1 aliphatic heterocycles. The maximum absolute atomic E-state index is 12.2. The first-order chi connectivity index (χ1) is 15.1.